The minimum atomic E-state index is -0.0340. The fourth-order valence-corrected chi connectivity index (χ4v) is 2.74. The predicted molar refractivity (Wildman–Crippen MR) is 73.6 cm³/mol. The third-order valence-corrected chi connectivity index (χ3v) is 4.46. The number of aryl methyl sites for hydroxylation is 1. The van der Waals surface area contributed by atoms with Crippen molar-refractivity contribution < 1.29 is 4.79 Å². The maximum atomic E-state index is 12.0. The summed E-state index contributed by atoms with van der Waals surface area (Å²) < 4.78 is 0.839. The molecule has 0 aliphatic heterocycles. The van der Waals surface area contributed by atoms with Crippen LogP contribution in [0.1, 0.15) is 28.8 Å². The standard InChI is InChI=1S/C13H15BrClNO/c1-9-2-3-10(11(14)6-9)12(17)16-8-13(7-15)4-5-13/h2-3,6H,4-5,7-8H2,1H3,(H,16,17). The summed E-state index contributed by atoms with van der Waals surface area (Å²) in [5.41, 5.74) is 1.97. The highest BCUT2D eigenvalue weighted by Gasteiger charge is 2.41. The third-order valence-electron chi connectivity index (χ3n) is 3.23. The number of hydrogen-bond donors (Lipinski definition) is 1. The Bertz CT molecular complexity index is 443. The first-order valence-electron chi connectivity index (χ1n) is 5.67. The number of hydrogen-bond acceptors (Lipinski definition) is 1. The highest BCUT2D eigenvalue weighted by Crippen LogP contribution is 2.45. The second-order valence-electron chi connectivity index (χ2n) is 4.80. The molecule has 0 heterocycles. The topological polar surface area (TPSA) is 29.1 Å². The quantitative estimate of drug-likeness (QED) is 0.846. The molecule has 0 unspecified atom stereocenters. The van der Waals surface area contributed by atoms with E-state index in [0.717, 1.165) is 22.9 Å². The zero-order chi connectivity index (χ0) is 12.5. The van der Waals surface area contributed by atoms with Gasteiger partial charge in [0.1, 0.15) is 0 Å². The van der Waals surface area contributed by atoms with Crippen molar-refractivity contribution in [3.05, 3.63) is 33.8 Å². The molecule has 0 atom stereocenters. The first-order chi connectivity index (χ1) is 8.06. The molecule has 0 spiro atoms. The fraction of sp³-hybridized carbons (Fsp3) is 0.462. The van der Waals surface area contributed by atoms with Gasteiger partial charge >= 0.3 is 0 Å². The van der Waals surface area contributed by atoms with Crippen LogP contribution >= 0.6 is 27.5 Å². The molecule has 1 aromatic carbocycles. The first kappa shape index (κ1) is 12.9. The van der Waals surface area contributed by atoms with E-state index < -0.39 is 0 Å². The van der Waals surface area contributed by atoms with Crippen LogP contribution in [0.5, 0.6) is 0 Å². The Morgan fingerprint density at radius 3 is 2.76 bits per heavy atom. The lowest BCUT2D eigenvalue weighted by Gasteiger charge is -2.13. The van der Waals surface area contributed by atoms with E-state index in [1.54, 1.807) is 0 Å². The molecular weight excluding hydrogens is 302 g/mol. The van der Waals surface area contributed by atoms with E-state index in [2.05, 4.69) is 21.2 Å². The molecule has 1 N–H and O–H groups in total. The summed E-state index contributed by atoms with van der Waals surface area (Å²) in [5.74, 6) is 0.593. The van der Waals surface area contributed by atoms with Gasteiger partial charge in [-0.3, -0.25) is 4.79 Å². The smallest absolute Gasteiger partial charge is 0.252 e. The number of nitrogens with one attached hydrogen (secondary N) is 1. The number of rotatable bonds is 4. The van der Waals surface area contributed by atoms with Crippen molar-refractivity contribution >= 4 is 33.4 Å². The van der Waals surface area contributed by atoms with E-state index in [9.17, 15) is 4.79 Å². The summed E-state index contributed by atoms with van der Waals surface area (Å²) in [6.07, 6.45) is 2.23. The molecule has 0 bridgehead atoms. The summed E-state index contributed by atoms with van der Waals surface area (Å²) in [7, 11) is 0. The third kappa shape index (κ3) is 3.02. The molecule has 1 aliphatic rings. The monoisotopic (exact) mass is 315 g/mol. The largest absolute Gasteiger partial charge is 0.351 e. The minimum Gasteiger partial charge on any atom is -0.351 e. The van der Waals surface area contributed by atoms with Gasteiger partial charge in [0.05, 0.1) is 5.56 Å². The van der Waals surface area contributed by atoms with Gasteiger partial charge in [-0.05, 0) is 53.4 Å². The van der Waals surface area contributed by atoms with Crippen LogP contribution in [0.3, 0.4) is 0 Å². The van der Waals surface area contributed by atoms with Crippen molar-refractivity contribution in [1.29, 1.82) is 0 Å². The maximum absolute atomic E-state index is 12.0. The molecule has 0 saturated heterocycles. The molecule has 0 radical (unpaired) electrons. The van der Waals surface area contributed by atoms with Crippen molar-refractivity contribution in [2.75, 3.05) is 12.4 Å². The molecule has 2 rings (SSSR count). The van der Waals surface area contributed by atoms with Gasteiger partial charge in [-0.15, -0.1) is 11.6 Å². The van der Waals surface area contributed by atoms with Crippen LogP contribution in [0.2, 0.25) is 0 Å². The molecule has 1 aromatic rings. The van der Waals surface area contributed by atoms with Gasteiger partial charge in [0.25, 0.3) is 5.91 Å². The van der Waals surface area contributed by atoms with Crippen LogP contribution in [-0.2, 0) is 0 Å². The molecule has 1 saturated carbocycles. The van der Waals surface area contributed by atoms with Crippen LogP contribution < -0.4 is 5.32 Å². The summed E-state index contributed by atoms with van der Waals surface area (Å²) >= 11 is 9.29. The number of amides is 1. The number of carbonyl (C=O) groups excluding carboxylic acids is 1. The van der Waals surface area contributed by atoms with Gasteiger partial charge in [-0.1, -0.05) is 6.07 Å². The number of carbonyl (C=O) groups is 1. The van der Waals surface area contributed by atoms with E-state index in [-0.39, 0.29) is 11.3 Å². The fourth-order valence-electron chi connectivity index (χ4n) is 1.70. The Hall–Kier alpha value is -0.540. The maximum Gasteiger partial charge on any atom is 0.252 e. The van der Waals surface area contributed by atoms with Gasteiger partial charge in [0.15, 0.2) is 0 Å². The lowest BCUT2D eigenvalue weighted by molar-refractivity contribution is 0.0945. The Morgan fingerprint density at radius 1 is 1.53 bits per heavy atom. The van der Waals surface area contributed by atoms with Crippen LogP contribution in [0, 0.1) is 12.3 Å². The summed E-state index contributed by atoms with van der Waals surface area (Å²) in [6.45, 7) is 2.68. The van der Waals surface area contributed by atoms with Crippen molar-refractivity contribution in [3.63, 3.8) is 0 Å². The number of halogens is 2. The molecule has 4 heteroatoms. The van der Waals surface area contributed by atoms with E-state index >= 15 is 0 Å². The van der Waals surface area contributed by atoms with Crippen LogP contribution in [-0.4, -0.2) is 18.3 Å². The van der Waals surface area contributed by atoms with Gasteiger partial charge in [-0.2, -0.15) is 0 Å². The van der Waals surface area contributed by atoms with Crippen LogP contribution in [0.4, 0.5) is 0 Å². The molecule has 1 amide bonds. The zero-order valence-corrected chi connectivity index (χ0v) is 12.1. The van der Waals surface area contributed by atoms with E-state index in [4.69, 9.17) is 11.6 Å². The first-order valence-corrected chi connectivity index (χ1v) is 6.99. The number of benzene rings is 1. The second-order valence-corrected chi connectivity index (χ2v) is 5.92. The van der Waals surface area contributed by atoms with Crippen molar-refractivity contribution in [1.82, 2.24) is 5.32 Å². The Morgan fingerprint density at radius 2 is 2.24 bits per heavy atom. The lowest BCUT2D eigenvalue weighted by atomic mass is 10.1. The lowest BCUT2D eigenvalue weighted by Crippen LogP contribution is -2.31. The van der Waals surface area contributed by atoms with E-state index in [1.165, 1.54) is 0 Å². The Labute approximate surface area is 115 Å². The molecule has 92 valence electrons. The Balaban J connectivity index is 2.00. The summed E-state index contributed by atoms with van der Waals surface area (Å²) in [6, 6.07) is 5.73. The Kier molecular flexibility index (Phi) is 3.79. The highest BCUT2D eigenvalue weighted by atomic mass is 79.9. The average molecular weight is 317 g/mol. The number of alkyl halides is 1. The minimum absolute atomic E-state index is 0.0340. The molecule has 17 heavy (non-hydrogen) atoms. The van der Waals surface area contributed by atoms with Crippen molar-refractivity contribution in [3.8, 4) is 0 Å². The molecule has 1 fully saturated rings. The molecule has 0 aromatic heterocycles. The normalized spacial score (nSPS) is 16.6. The van der Waals surface area contributed by atoms with Gasteiger partial charge in [-0.25, -0.2) is 0 Å². The van der Waals surface area contributed by atoms with Gasteiger partial charge < -0.3 is 5.32 Å². The van der Waals surface area contributed by atoms with Gasteiger partial charge in [0, 0.05) is 22.3 Å². The van der Waals surface area contributed by atoms with Crippen molar-refractivity contribution in [2.24, 2.45) is 5.41 Å². The molecule has 1 aliphatic carbocycles. The molecular formula is C13H15BrClNO. The predicted octanol–water partition coefficient (Wildman–Crippen LogP) is 3.51. The summed E-state index contributed by atoms with van der Waals surface area (Å²) in [4.78, 5) is 12.0. The zero-order valence-electron chi connectivity index (χ0n) is 9.72. The van der Waals surface area contributed by atoms with E-state index in [0.29, 0.717) is 18.0 Å². The van der Waals surface area contributed by atoms with E-state index in [1.807, 2.05) is 25.1 Å². The second kappa shape index (κ2) is 4.99. The van der Waals surface area contributed by atoms with Crippen LogP contribution in [0.25, 0.3) is 0 Å². The highest BCUT2D eigenvalue weighted by molar-refractivity contribution is 9.10. The van der Waals surface area contributed by atoms with Crippen molar-refractivity contribution in [2.45, 2.75) is 19.8 Å². The average Bonchev–Trinajstić information content (AvgIpc) is 3.07. The van der Waals surface area contributed by atoms with Gasteiger partial charge in [0.2, 0.25) is 0 Å². The summed E-state index contributed by atoms with van der Waals surface area (Å²) in [5, 5.41) is 2.96. The SMILES string of the molecule is Cc1ccc(C(=O)NCC2(CCl)CC2)c(Br)c1. The van der Waals surface area contributed by atoms with Crippen LogP contribution in [0.15, 0.2) is 22.7 Å². The molecule has 2 nitrogen and oxygen atoms in total.